The summed E-state index contributed by atoms with van der Waals surface area (Å²) < 4.78 is 5.08. The molecule has 1 aromatic heterocycles. The molecule has 5 heteroatoms. The first kappa shape index (κ1) is 14.6. The Morgan fingerprint density at radius 2 is 2.18 bits per heavy atom. The van der Waals surface area contributed by atoms with Crippen LogP contribution in [0.25, 0.3) is 10.9 Å². The van der Waals surface area contributed by atoms with Crippen LogP contribution in [0, 0.1) is 5.92 Å². The van der Waals surface area contributed by atoms with Gasteiger partial charge < -0.3 is 14.6 Å². The molecule has 1 aliphatic rings. The van der Waals surface area contributed by atoms with E-state index >= 15 is 0 Å². The third kappa shape index (κ3) is 2.84. The quantitative estimate of drug-likeness (QED) is 0.886. The number of H-pyrrole nitrogens is 1. The SMILES string of the molecule is CCOC(=O)[C@H]1CCCN(C(=O)c2cc3ccccc3[nH]2)C1. The Morgan fingerprint density at radius 1 is 1.36 bits per heavy atom. The number of rotatable bonds is 3. The van der Waals surface area contributed by atoms with Gasteiger partial charge in [-0.1, -0.05) is 18.2 Å². The van der Waals surface area contributed by atoms with Gasteiger partial charge in [0.05, 0.1) is 12.5 Å². The van der Waals surface area contributed by atoms with E-state index in [0.717, 1.165) is 23.7 Å². The molecule has 0 saturated carbocycles. The monoisotopic (exact) mass is 300 g/mol. The number of piperidine rings is 1. The van der Waals surface area contributed by atoms with E-state index in [4.69, 9.17) is 4.74 Å². The number of nitrogens with one attached hydrogen (secondary N) is 1. The molecule has 1 aliphatic heterocycles. The molecule has 116 valence electrons. The van der Waals surface area contributed by atoms with Crippen molar-refractivity contribution in [3.63, 3.8) is 0 Å². The van der Waals surface area contributed by atoms with Gasteiger partial charge >= 0.3 is 5.97 Å². The largest absolute Gasteiger partial charge is 0.466 e. The molecule has 1 amide bonds. The van der Waals surface area contributed by atoms with Crippen molar-refractivity contribution in [1.29, 1.82) is 0 Å². The Bertz CT molecular complexity index is 659. The number of hydrogen-bond donors (Lipinski definition) is 1. The molecule has 1 N–H and O–H groups in total. The highest BCUT2D eigenvalue weighted by molar-refractivity contribution is 5.98. The lowest BCUT2D eigenvalue weighted by molar-refractivity contribution is -0.149. The highest BCUT2D eigenvalue weighted by atomic mass is 16.5. The second-order valence-electron chi connectivity index (χ2n) is 5.61. The lowest BCUT2D eigenvalue weighted by atomic mass is 9.98. The Hall–Kier alpha value is -2.30. The summed E-state index contributed by atoms with van der Waals surface area (Å²) in [5, 5.41) is 1.02. The first-order valence-electron chi connectivity index (χ1n) is 7.72. The first-order valence-corrected chi connectivity index (χ1v) is 7.72. The van der Waals surface area contributed by atoms with E-state index in [1.165, 1.54) is 0 Å². The van der Waals surface area contributed by atoms with Gasteiger partial charge in [-0.15, -0.1) is 0 Å². The van der Waals surface area contributed by atoms with Crippen LogP contribution in [0.3, 0.4) is 0 Å². The van der Waals surface area contributed by atoms with Gasteiger partial charge in [0, 0.05) is 24.0 Å². The lowest BCUT2D eigenvalue weighted by Crippen LogP contribution is -2.42. The van der Waals surface area contributed by atoms with Crippen molar-refractivity contribution in [2.45, 2.75) is 19.8 Å². The maximum absolute atomic E-state index is 12.6. The van der Waals surface area contributed by atoms with E-state index in [9.17, 15) is 9.59 Å². The molecule has 3 rings (SSSR count). The van der Waals surface area contributed by atoms with E-state index in [2.05, 4.69) is 4.98 Å². The van der Waals surface area contributed by atoms with Gasteiger partial charge in [0.2, 0.25) is 0 Å². The van der Waals surface area contributed by atoms with Crippen LogP contribution in [0.5, 0.6) is 0 Å². The fourth-order valence-electron chi connectivity index (χ4n) is 2.97. The van der Waals surface area contributed by atoms with Crippen LogP contribution >= 0.6 is 0 Å². The van der Waals surface area contributed by atoms with Crippen molar-refractivity contribution < 1.29 is 14.3 Å². The molecule has 2 aromatic rings. The number of aromatic nitrogens is 1. The molecule has 1 atom stereocenters. The molecule has 1 aromatic carbocycles. The van der Waals surface area contributed by atoms with Crippen molar-refractivity contribution in [3.05, 3.63) is 36.0 Å². The summed E-state index contributed by atoms with van der Waals surface area (Å²) in [7, 11) is 0. The van der Waals surface area contributed by atoms with Crippen molar-refractivity contribution in [2.24, 2.45) is 5.92 Å². The number of hydrogen-bond acceptors (Lipinski definition) is 3. The predicted octanol–water partition coefficient (Wildman–Crippen LogP) is 2.58. The third-order valence-electron chi connectivity index (χ3n) is 4.09. The minimum absolute atomic E-state index is 0.0507. The van der Waals surface area contributed by atoms with Crippen molar-refractivity contribution in [3.8, 4) is 0 Å². The number of likely N-dealkylation sites (tertiary alicyclic amines) is 1. The van der Waals surface area contributed by atoms with Gasteiger partial charge in [0.15, 0.2) is 0 Å². The molecule has 22 heavy (non-hydrogen) atoms. The molecule has 2 heterocycles. The van der Waals surface area contributed by atoms with Crippen LogP contribution in [-0.2, 0) is 9.53 Å². The number of aromatic amines is 1. The number of carbonyl (C=O) groups is 2. The maximum Gasteiger partial charge on any atom is 0.310 e. The van der Waals surface area contributed by atoms with Gasteiger partial charge in [0.1, 0.15) is 5.69 Å². The maximum atomic E-state index is 12.6. The summed E-state index contributed by atoms with van der Waals surface area (Å²) >= 11 is 0. The Balaban J connectivity index is 1.75. The zero-order valence-corrected chi connectivity index (χ0v) is 12.7. The Morgan fingerprint density at radius 3 is 2.95 bits per heavy atom. The number of nitrogens with zero attached hydrogens (tertiary/aromatic N) is 1. The average molecular weight is 300 g/mol. The first-order chi connectivity index (χ1) is 10.7. The van der Waals surface area contributed by atoms with Crippen LogP contribution in [0.2, 0.25) is 0 Å². The molecule has 0 bridgehead atoms. The van der Waals surface area contributed by atoms with Crippen LogP contribution in [-0.4, -0.2) is 41.5 Å². The fraction of sp³-hybridized carbons (Fsp3) is 0.412. The number of benzene rings is 1. The Labute approximate surface area is 129 Å². The fourth-order valence-corrected chi connectivity index (χ4v) is 2.97. The lowest BCUT2D eigenvalue weighted by Gasteiger charge is -2.31. The van der Waals surface area contributed by atoms with Crippen LogP contribution in [0.4, 0.5) is 0 Å². The van der Waals surface area contributed by atoms with Gasteiger partial charge in [0.25, 0.3) is 5.91 Å². The van der Waals surface area contributed by atoms with E-state index in [-0.39, 0.29) is 17.8 Å². The molecular weight excluding hydrogens is 280 g/mol. The van der Waals surface area contributed by atoms with Crippen LogP contribution < -0.4 is 0 Å². The van der Waals surface area contributed by atoms with Crippen molar-refractivity contribution in [1.82, 2.24) is 9.88 Å². The minimum Gasteiger partial charge on any atom is -0.466 e. The molecule has 0 aliphatic carbocycles. The van der Waals surface area contributed by atoms with Gasteiger partial charge in [-0.25, -0.2) is 0 Å². The number of amides is 1. The van der Waals surface area contributed by atoms with Gasteiger partial charge in [-0.05, 0) is 31.9 Å². The third-order valence-corrected chi connectivity index (χ3v) is 4.09. The minimum atomic E-state index is -0.206. The molecule has 1 saturated heterocycles. The normalized spacial score (nSPS) is 18.4. The van der Waals surface area contributed by atoms with E-state index in [0.29, 0.717) is 25.4 Å². The van der Waals surface area contributed by atoms with E-state index in [1.54, 1.807) is 11.8 Å². The molecule has 0 spiro atoms. The topological polar surface area (TPSA) is 62.4 Å². The summed E-state index contributed by atoms with van der Waals surface area (Å²) in [6, 6.07) is 9.67. The summed E-state index contributed by atoms with van der Waals surface area (Å²) in [4.78, 5) is 29.4. The number of ether oxygens (including phenoxy) is 1. The highest BCUT2D eigenvalue weighted by Gasteiger charge is 2.30. The smallest absolute Gasteiger partial charge is 0.310 e. The van der Waals surface area contributed by atoms with E-state index in [1.807, 2.05) is 30.3 Å². The average Bonchev–Trinajstić information content (AvgIpc) is 2.98. The number of esters is 1. The number of carbonyl (C=O) groups excluding carboxylic acids is 2. The zero-order chi connectivity index (χ0) is 15.5. The van der Waals surface area contributed by atoms with Crippen molar-refractivity contribution in [2.75, 3.05) is 19.7 Å². The molecule has 0 radical (unpaired) electrons. The standard InChI is InChI=1S/C17H20N2O3/c1-2-22-17(21)13-7-5-9-19(11-13)16(20)15-10-12-6-3-4-8-14(12)18-15/h3-4,6,8,10,13,18H,2,5,7,9,11H2,1H3/t13-/m0/s1. The van der Waals surface area contributed by atoms with Crippen molar-refractivity contribution >= 4 is 22.8 Å². The van der Waals surface area contributed by atoms with Crippen LogP contribution in [0.1, 0.15) is 30.3 Å². The number of fused-ring (bicyclic) bond motifs is 1. The molecule has 5 nitrogen and oxygen atoms in total. The second kappa shape index (κ2) is 6.22. The summed E-state index contributed by atoms with van der Waals surface area (Å²) in [6.07, 6.45) is 1.62. The predicted molar refractivity (Wildman–Crippen MR) is 83.6 cm³/mol. The molecule has 0 unspecified atom stereocenters. The summed E-state index contributed by atoms with van der Waals surface area (Å²) in [5.74, 6) is -0.455. The number of para-hydroxylation sites is 1. The van der Waals surface area contributed by atoms with Crippen LogP contribution in [0.15, 0.2) is 30.3 Å². The Kier molecular flexibility index (Phi) is 4.13. The zero-order valence-electron chi connectivity index (χ0n) is 12.7. The summed E-state index contributed by atoms with van der Waals surface area (Å²) in [6.45, 7) is 3.30. The molecule has 1 fully saturated rings. The summed E-state index contributed by atoms with van der Waals surface area (Å²) in [5.41, 5.74) is 1.52. The van der Waals surface area contributed by atoms with Gasteiger partial charge in [-0.2, -0.15) is 0 Å². The highest BCUT2D eigenvalue weighted by Crippen LogP contribution is 2.21. The van der Waals surface area contributed by atoms with Gasteiger partial charge in [-0.3, -0.25) is 9.59 Å². The second-order valence-corrected chi connectivity index (χ2v) is 5.61. The molecular formula is C17H20N2O3. The van der Waals surface area contributed by atoms with E-state index < -0.39 is 0 Å².